The molecule has 1 nitrogen and oxygen atoms in total. The molecule has 0 aromatic heterocycles. The second kappa shape index (κ2) is 8.26. The molecule has 0 rings (SSSR count). The second-order valence-electron chi connectivity index (χ2n) is 2.21. The van der Waals surface area contributed by atoms with Gasteiger partial charge in [0.1, 0.15) is 0 Å². The third-order valence-corrected chi connectivity index (χ3v) is 1.04. The van der Waals surface area contributed by atoms with Crippen molar-refractivity contribution in [2.75, 3.05) is 7.11 Å². The molecule has 0 N–H and O–H groups in total. The predicted octanol–water partition coefficient (Wildman–Crippen LogP) is 2.24. The molecule has 0 amide bonds. The maximum atomic E-state index is 5.00. The van der Waals surface area contributed by atoms with Crippen LogP contribution in [0.4, 0.5) is 0 Å². The fourth-order valence-corrected chi connectivity index (χ4v) is 0.574. The Hall–Kier alpha value is -0.740. The van der Waals surface area contributed by atoms with Crippen molar-refractivity contribution in [3.8, 4) is 12.8 Å². The summed E-state index contributed by atoms with van der Waals surface area (Å²) in [5.41, 5.74) is 1.18. The minimum absolute atomic E-state index is 0.326. The van der Waals surface area contributed by atoms with Gasteiger partial charge in [0, 0.05) is 7.11 Å². The van der Waals surface area contributed by atoms with Crippen molar-refractivity contribution in [3.05, 3.63) is 12.2 Å². The Kier molecular flexibility index (Phi) is 9.90. The van der Waals surface area contributed by atoms with Crippen molar-refractivity contribution in [1.29, 1.82) is 0 Å². The van der Waals surface area contributed by atoms with Crippen molar-refractivity contribution in [3.63, 3.8) is 0 Å². The lowest BCUT2D eigenvalue weighted by Crippen LogP contribution is -2.03. The predicted molar refractivity (Wildman–Crippen MR) is 45.8 cm³/mol. The van der Waals surface area contributed by atoms with E-state index in [2.05, 4.69) is 19.4 Å². The first-order valence-corrected chi connectivity index (χ1v) is 3.17. The molecule has 0 spiro atoms. The zero-order chi connectivity index (χ0) is 8.57. The van der Waals surface area contributed by atoms with E-state index in [1.165, 1.54) is 5.57 Å². The van der Waals surface area contributed by atoms with E-state index in [0.29, 0.717) is 6.10 Å². The first-order valence-electron chi connectivity index (χ1n) is 3.17. The van der Waals surface area contributed by atoms with Crippen molar-refractivity contribution in [1.82, 2.24) is 0 Å². The summed E-state index contributed by atoms with van der Waals surface area (Å²) in [5.74, 6) is 0. The first-order chi connectivity index (χ1) is 4.66. The van der Waals surface area contributed by atoms with Gasteiger partial charge in [-0.05, 0) is 20.3 Å². The molecule has 1 atom stereocenters. The smallest absolute Gasteiger partial charge is 0.0580 e. The summed E-state index contributed by atoms with van der Waals surface area (Å²) in [5, 5.41) is 0. The van der Waals surface area contributed by atoms with E-state index in [-0.39, 0.29) is 0 Å². The van der Waals surface area contributed by atoms with E-state index in [0.717, 1.165) is 6.42 Å². The summed E-state index contributed by atoms with van der Waals surface area (Å²) in [4.78, 5) is 0. The molecule has 1 heteroatoms. The second-order valence-corrected chi connectivity index (χ2v) is 2.21. The molecule has 0 aliphatic carbocycles. The van der Waals surface area contributed by atoms with Crippen LogP contribution in [0.5, 0.6) is 0 Å². The van der Waals surface area contributed by atoms with Crippen molar-refractivity contribution >= 4 is 0 Å². The standard InChI is InChI=1S/C7H14O.C2H2/c1-6(2)5-7(3)8-4;1-2/h7H,1,5H2,2-4H3;1-2H. The number of methoxy groups -OCH3 is 1. The average Bonchev–Trinajstić information content (AvgIpc) is 1.91. The van der Waals surface area contributed by atoms with Crippen LogP contribution in [0.1, 0.15) is 20.3 Å². The van der Waals surface area contributed by atoms with Gasteiger partial charge in [-0.1, -0.05) is 5.57 Å². The molecule has 0 saturated carbocycles. The molecule has 0 aromatic carbocycles. The Morgan fingerprint density at radius 1 is 1.60 bits per heavy atom. The van der Waals surface area contributed by atoms with Gasteiger partial charge in [-0.15, -0.1) is 19.4 Å². The lowest BCUT2D eigenvalue weighted by Gasteiger charge is -2.06. The highest BCUT2D eigenvalue weighted by Gasteiger charge is 1.96. The summed E-state index contributed by atoms with van der Waals surface area (Å²) >= 11 is 0. The summed E-state index contributed by atoms with van der Waals surface area (Å²) in [6.07, 6.45) is 9.30. The maximum Gasteiger partial charge on any atom is 0.0580 e. The van der Waals surface area contributed by atoms with Crippen LogP contribution >= 0.6 is 0 Å². The lowest BCUT2D eigenvalue weighted by molar-refractivity contribution is 0.119. The molecule has 1 unspecified atom stereocenters. The molecule has 10 heavy (non-hydrogen) atoms. The molecular weight excluding hydrogens is 124 g/mol. The van der Waals surface area contributed by atoms with E-state index in [4.69, 9.17) is 4.74 Å². The minimum atomic E-state index is 0.326. The third kappa shape index (κ3) is 10.3. The van der Waals surface area contributed by atoms with E-state index >= 15 is 0 Å². The van der Waals surface area contributed by atoms with Crippen molar-refractivity contribution in [2.24, 2.45) is 0 Å². The van der Waals surface area contributed by atoms with Crippen LogP contribution in [0.2, 0.25) is 0 Å². The molecule has 0 fully saturated rings. The Morgan fingerprint density at radius 3 is 2.10 bits per heavy atom. The molecule has 58 valence electrons. The topological polar surface area (TPSA) is 9.23 Å². The van der Waals surface area contributed by atoms with Crippen LogP contribution in [0.15, 0.2) is 12.2 Å². The van der Waals surface area contributed by atoms with Crippen LogP contribution < -0.4 is 0 Å². The third-order valence-electron chi connectivity index (χ3n) is 1.04. The van der Waals surface area contributed by atoms with Gasteiger partial charge in [-0.2, -0.15) is 0 Å². The molecule has 0 saturated heterocycles. The normalized spacial score (nSPS) is 10.9. The summed E-state index contributed by atoms with van der Waals surface area (Å²) < 4.78 is 5.00. The highest BCUT2D eigenvalue weighted by atomic mass is 16.5. The minimum Gasteiger partial charge on any atom is -0.381 e. The Balaban J connectivity index is 0. The monoisotopic (exact) mass is 140 g/mol. The van der Waals surface area contributed by atoms with E-state index in [1.54, 1.807) is 7.11 Å². The molecule has 0 radical (unpaired) electrons. The number of terminal acetylenes is 1. The Labute approximate surface area is 64.1 Å². The zero-order valence-electron chi connectivity index (χ0n) is 7.05. The van der Waals surface area contributed by atoms with Gasteiger partial charge in [0.05, 0.1) is 6.10 Å². The van der Waals surface area contributed by atoms with Crippen LogP contribution in [0, 0.1) is 12.8 Å². The van der Waals surface area contributed by atoms with Gasteiger partial charge in [-0.25, -0.2) is 0 Å². The SMILES string of the molecule is C#C.C=C(C)CC(C)OC. The van der Waals surface area contributed by atoms with Gasteiger partial charge >= 0.3 is 0 Å². The molecule has 0 bridgehead atoms. The number of rotatable bonds is 3. The van der Waals surface area contributed by atoms with Gasteiger partial charge < -0.3 is 4.74 Å². The average molecular weight is 140 g/mol. The van der Waals surface area contributed by atoms with Gasteiger partial charge in [0.2, 0.25) is 0 Å². The molecule has 0 aliphatic rings. The first kappa shape index (κ1) is 12.0. The number of hydrogen-bond donors (Lipinski definition) is 0. The number of ether oxygens (including phenoxy) is 1. The highest BCUT2D eigenvalue weighted by molar-refractivity contribution is 4.89. The van der Waals surface area contributed by atoms with Crippen LogP contribution in [0.25, 0.3) is 0 Å². The highest BCUT2D eigenvalue weighted by Crippen LogP contribution is 2.02. The Morgan fingerprint density at radius 2 is 2.00 bits per heavy atom. The molecule has 0 heterocycles. The molecular formula is C9H16O. The van der Waals surface area contributed by atoms with Crippen LogP contribution in [-0.2, 0) is 4.74 Å². The fraction of sp³-hybridized carbons (Fsp3) is 0.556. The van der Waals surface area contributed by atoms with E-state index in [1.807, 2.05) is 13.8 Å². The quantitative estimate of drug-likeness (QED) is 0.431. The molecule has 0 aromatic rings. The summed E-state index contributed by atoms with van der Waals surface area (Å²) in [6.45, 7) is 7.81. The maximum absolute atomic E-state index is 5.00. The van der Waals surface area contributed by atoms with Crippen LogP contribution in [0.3, 0.4) is 0 Å². The number of hydrogen-bond acceptors (Lipinski definition) is 1. The largest absolute Gasteiger partial charge is 0.381 e. The fourth-order valence-electron chi connectivity index (χ4n) is 0.574. The van der Waals surface area contributed by atoms with Gasteiger partial charge in [0.25, 0.3) is 0 Å². The van der Waals surface area contributed by atoms with Gasteiger partial charge in [0.15, 0.2) is 0 Å². The molecule has 0 aliphatic heterocycles. The van der Waals surface area contributed by atoms with Crippen LogP contribution in [-0.4, -0.2) is 13.2 Å². The Bertz CT molecular complexity index is 103. The van der Waals surface area contributed by atoms with Crippen molar-refractivity contribution in [2.45, 2.75) is 26.4 Å². The van der Waals surface area contributed by atoms with E-state index in [9.17, 15) is 0 Å². The van der Waals surface area contributed by atoms with E-state index < -0.39 is 0 Å². The zero-order valence-corrected chi connectivity index (χ0v) is 7.05. The van der Waals surface area contributed by atoms with Crippen molar-refractivity contribution < 1.29 is 4.74 Å². The lowest BCUT2D eigenvalue weighted by atomic mass is 10.2. The summed E-state index contributed by atoms with van der Waals surface area (Å²) in [7, 11) is 1.72. The van der Waals surface area contributed by atoms with Gasteiger partial charge in [-0.3, -0.25) is 0 Å². The summed E-state index contributed by atoms with van der Waals surface area (Å²) in [6, 6.07) is 0.